The van der Waals surface area contributed by atoms with Crippen LogP contribution >= 0.6 is 0 Å². The third-order valence-electron chi connectivity index (χ3n) is 5.38. The Kier molecular flexibility index (Phi) is 6.62. The molecule has 5 nitrogen and oxygen atoms in total. The molecule has 1 aromatic heterocycles. The van der Waals surface area contributed by atoms with Gasteiger partial charge in [-0.15, -0.1) is 0 Å². The summed E-state index contributed by atoms with van der Waals surface area (Å²) in [7, 11) is 1.64. The Balaban J connectivity index is 1.83. The molecule has 1 amide bonds. The third-order valence-corrected chi connectivity index (χ3v) is 5.38. The standard InChI is InChI=1S/C22H29FN4O/c1-16(2)20-15-27(21-19(22(28)24-3)6-4-11-25-21)13-5-12-26(20)14-17-7-9-18(23)10-8-17/h4,6-11,16,20H,5,12-15H2,1-3H3,(H,24,28)/t20-/m0/s1. The van der Waals surface area contributed by atoms with Gasteiger partial charge in [-0.05, 0) is 42.2 Å². The molecule has 0 unspecified atom stereocenters. The number of pyridine rings is 1. The van der Waals surface area contributed by atoms with E-state index in [4.69, 9.17) is 0 Å². The molecule has 0 saturated carbocycles. The molecule has 1 aromatic carbocycles. The van der Waals surface area contributed by atoms with Gasteiger partial charge in [-0.3, -0.25) is 9.69 Å². The average Bonchev–Trinajstić information content (AvgIpc) is 2.92. The molecule has 1 aliphatic rings. The molecule has 1 saturated heterocycles. The molecule has 28 heavy (non-hydrogen) atoms. The van der Waals surface area contributed by atoms with Gasteiger partial charge in [0.2, 0.25) is 0 Å². The lowest BCUT2D eigenvalue weighted by molar-refractivity contribution is 0.0963. The van der Waals surface area contributed by atoms with Crippen LogP contribution in [0.2, 0.25) is 0 Å². The minimum absolute atomic E-state index is 0.114. The van der Waals surface area contributed by atoms with E-state index in [0.717, 1.165) is 44.0 Å². The van der Waals surface area contributed by atoms with E-state index in [0.29, 0.717) is 17.5 Å². The van der Waals surface area contributed by atoms with Crippen LogP contribution in [0.1, 0.15) is 36.2 Å². The number of aromatic nitrogens is 1. The van der Waals surface area contributed by atoms with E-state index >= 15 is 0 Å². The van der Waals surface area contributed by atoms with Crippen LogP contribution in [-0.4, -0.2) is 48.5 Å². The summed E-state index contributed by atoms with van der Waals surface area (Å²) in [6, 6.07) is 10.7. The second kappa shape index (κ2) is 9.15. The van der Waals surface area contributed by atoms with E-state index in [1.165, 1.54) is 12.1 Å². The fraction of sp³-hybridized carbons (Fsp3) is 0.455. The van der Waals surface area contributed by atoms with Crippen molar-refractivity contribution in [1.29, 1.82) is 0 Å². The Morgan fingerprint density at radius 1 is 1.25 bits per heavy atom. The largest absolute Gasteiger partial charge is 0.355 e. The molecular formula is C22H29FN4O. The molecule has 0 spiro atoms. The van der Waals surface area contributed by atoms with E-state index < -0.39 is 0 Å². The van der Waals surface area contributed by atoms with E-state index in [1.54, 1.807) is 19.3 Å². The molecule has 2 heterocycles. The van der Waals surface area contributed by atoms with Crippen molar-refractivity contribution in [3.63, 3.8) is 0 Å². The van der Waals surface area contributed by atoms with Crippen LogP contribution in [0.3, 0.4) is 0 Å². The quantitative estimate of drug-likeness (QED) is 0.859. The maximum Gasteiger partial charge on any atom is 0.254 e. The van der Waals surface area contributed by atoms with Crippen LogP contribution in [0, 0.1) is 11.7 Å². The van der Waals surface area contributed by atoms with E-state index in [9.17, 15) is 9.18 Å². The van der Waals surface area contributed by atoms with Gasteiger partial charge in [0.15, 0.2) is 0 Å². The normalized spacial score (nSPS) is 18.2. The number of benzene rings is 1. The second-order valence-corrected chi connectivity index (χ2v) is 7.66. The Labute approximate surface area is 166 Å². The summed E-state index contributed by atoms with van der Waals surface area (Å²) in [5.41, 5.74) is 1.73. The van der Waals surface area contributed by atoms with Crippen LogP contribution < -0.4 is 10.2 Å². The number of hydrogen-bond donors (Lipinski definition) is 1. The molecule has 3 rings (SSSR count). The van der Waals surface area contributed by atoms with Crippen molar-refractivity contribution in [2.45, 2.75) is 32.9 Å². The highest BCUT2D eigenvalue weighted by Gasteiger charge is 2.29. The highest BCUT2D eigenvalue weighted by molar-refractivity contribution is 5.98. The van der Waals surface area contributed by atoms with Crippen molar-refractivity contribution >= 4 is 11.7 Å². The van der Waals surface area contributed by atoms with Crippen molar-refractivity contribution in [1.82, 2.24) is 15.2 Å². The Morgan fingerprint density at radius 3 is 2.68 bits per heavy atom. The van der Waals surface area contributed by atoms with Crippen LogP contribution in [0.4, 0.5) is 10.2 Å². The van der Waals surface area contributed by atoms with E-state index in [2.05, 4.69) is 33.9 Å². The zero-order valence-electron chi connectivity index (χ0n) is 16.9. The van der Waals surface area contributed by atoms with Gasteiger partial charge in [0.05, 0.1) is 5.56 Å². The molecule has 0 bridgehead atoms. The van der Waals surface area contributed by atoms with Gasteiger partial charge in [0.25, 0.3) is 5.91 Å². The maximum atomic E-state index is 13.2. The highest BCUT2D eigenvalue weighted by Crippen LogP contribution is 2.25. The Morgan fingerprint density at radius 2 is 2.00 bits per heavy atom. The van der Waals surface area contributed by atoms with Crippen molar-refractivity contribution in [2.75, 3.05) is 31.6 Å². The number of amides is 1. The number of carbonyl (C=O) groups excluding carboxylic acids is 1. The number of nitrogens with zero attached hydrogens (tertiary/aromatic N) is 3. The lowest BCUT2D eigenvalue weighted by atomic mass is 10.0. The summed E-state index contributed by atoms with van der Waals surface area (Å²) in [6.45, 7) is 7.86. The first-order chi connectivity index (χ1) is 13.5. The molecule has 6 heteroatoms. The summed E-state index contributed by atoms with van der Waals surface area (Å²) >= 11 is 0. The summed E-state index contributed by atoms with van der Waals surface area (Å²) in [5.74, 6) is 0.865. The maximum absolute atomic E-state index is 13.2. The first-order valence-corrected chi connectivity index (χ1v) is 9.90. The van der Waals surface area contributed by atoms with Gasteiger partial charge in [0.1, 0.15) is 11.6 Å². The average molecular weight is 384 g/mol. The number of anilines is 1. The van der Waals surface area contributed by atoms with E-state index in [-0.39, 0.29) is 11.7 Å². The fourth-order valence-corrected chi connectivity index (χ4v) is 3.87. The zero-order chi connectivity index (χ0) is 20.1. The van der Waals surface area contributed by atoms with Crippen molar-refractivity contribution in [2.24, 2.45) is 5.92 Å². The molecule has 0 radical (unpaired) electrons. The summed E-state index contributed by atoms with van der Waals surface area (Å²) < 4.78 is 13.2. The minimum atomic E-state index is -0.205. The minimum Gasteiger partial charge on any atom is -0.355 e. The van der Waals surface area contributed by atoms with Gasteiger partial charge in [-0.1, -0.05) is 26.0 Å². The monoisotopic (exact) mass is 384 g/mol. The van der Waals surface area contributed by atoms with E-state index in [1.807, 2.05) is 18.2 Å². The first kappa shape index (κ1) is 20.3. The number of nitrogens with one attached hydrogen (secondary N) is 1. The number of rotatable bonds is 5. The molecule has 1 fully saturated rings. The smallest absolute Gasteiger partial charge is 0.254 e. The number of carbonyl (C=O) groups is 1. The molecule has 150 valence electrons. The molecule has 1 aliphatic heterocycles. The molecule has 1 atom stereocenters. The van der Waals surface area contributed by atoms with Gasteiger partial charge < -0.3 is 10.2 Å². The summed E-state index contributed by atoms with van der Waals surface area (Å²) in [4.78, 5) is 21.5. The lowest BCUT2D eigenvalue weighted by Crippen LogP contribution is -2.44. The first-order valence-electron chi connectivity index (χ1n) is 9.90. The predicted octanol–water partition coefficient (Wildman–Crippen LogP) is 3.32. The van der Waals surface area contributed by atoms with Gasteiger partial charge >= 0.3 is 0 Å². The molecule has 0 aliphatic carbocycles. The molecule has 1 N–H and O–H groups in total. The molecular weight excluding hydrogens is 355 g/mol. The predicted molar refractivity (Wildman–Crippen MR) is 110 cm³/mol. The Bertz CT molecular complexity index is 793. The van der Waals surface area contributed by atoms with Gasteiger partial charge in [-0.25, -0.2) is 9.37 Å². The topological polar surface area (TPSA) is 48.5 Å². The highest BCUT2D eigenvalue weighted by atomic mass is 19.1. The van der Waals surface area contributed by atoms with Crippen LogP contribution in [0.5, 0.6) is 0 Å². The molecule has 2 aromatic rings. The third kappa shape index (κ3) is 4.68. The number of halogens is 1. The number of hydrogen-bond acceptors (Lipinski definition) is 4. The second-order valence-electron chi connectivity index (χ2n) is 7.66. The summed E-state index contributed by atoms with van der Waals surface area (Å²) in [5, 5.41) is 2.71. The summed E-state index contributed by atoms with van der Waals surface area (Å²) in [6.07, 6.45) is 2.72. The lowest BCUT2D eigenvalue weighted by Gasteiger charge is -2.35. The van der Waals surface area contributed by atoms with Crippen LogP contribution in [-0.2, 0) is 6.54 Å². The van der Waals surface area contributed by atoms with Crippen LogP contribution in [0.25, 0.3) is 0 Å². The van der Waals surface area contributed by atoms with Gasteiger partial charge in [0, 0.05) is 45.5 Å². The zero-order valence-corrected chi connectivity index (χ0v) is 16.9. The van der Waals surface area contributed by atoms with Crippen molar-refractivity contribution in [3.05, 3.63) is 59.5 Å². The Hall–Kier alpha value is -2.47. The SMILES string of the molecule is CNC(=O)c1cccnc1N1CCCN(Cc2ccc(F)cc2)[C@H](C(C)C)C1. The van der Waals surface area contributed by atoms with Crippen molar-refractivity contribution < 1.29 is 9.18 Å². The van der Waals surface area contributed by atoms with Crippen molar-refractivity contribution in [3.8, 4) is 0 Å². The van der Waals surface area contributed by atoms with Crippen LogP contribution in [0.15, 0.2) is 42.6 Å². The fourth-order valence-electron chi connectivity index (χ4n) is 3.87. The van der Waals surface area contributed by atoms with Gasteiger partial charge in [-0.2, -0.15) is 0 Å².